The Bertz CT molecular complexity index is 245. The van der Waals surface area contributed by atoms with Crippen molar-refractivity contribution in [3.05, 3.63) is 15.0 Å². The van der Waals surface area contributed by atoms with E-state index in [4.69, 9.17) is 17.3 Å². The van der Waals surface area contributed by atoms with Crippen molar-refractivity contribution in [2.24, 2.45) is 5.73 Å². The van der Waals surface area contributed by atoms with Crippen LogP contribution in [0.15, 0.2) is 0 Å². The molecule has 2 nitrogen and oxygen atoms in total. The van der Waals surface area contributed by atoms with Gasteiger partial charge in [-0.3, -0.25) is 0 Å². The average Bonchev–Trinajstić information content (AvgIpc) is 2.30. The summed E-state index contributed by atoms with van der Waals surface area (Å²) in [7, 11) is 0. The Labute approximate surface area is 75.4 Å². The van der Waals surface area contributed by atoms with Gasteiger partial charge in [0.25, 0.3) is 0 Å². The molecule has 0 fully saturated rings. The minimum absolute atomic E-state index is 0.445. The molecule has 0 amide bonds. The second-order valence-corrected chi connectivity index (χ2v) is 4.09. The lowest BCUT2D eigenvalue weighted by atomic mass is 10.2. The van der Waals surface area contributed by atoms with E-state index >= 15 is 0 Å². The molecule has 0 aliphatic rings. The van der Waals surface area contributed by atoms with E-state index in [0.29, 0.717) is 17.6 Å². The molecule has 1 aromatic heterocycles. The molecule has 11 heavy (non-hydrogen) atoms. The highest BCUT2D eigenvalue weighted by molar-refractivity contribution is 7.12. The fourth-order valence-electron chi connectivity index (χ4n) is 0.800. The first-order chi connectivity index (χ1) is 5.15. The van der Waals surface area contributed by atoms with Crippen LogP contribution in [0.3, 0.4) is 0 Å². The lowest BCUT2D eigenvalue weighted by Crippen LogP contribution is -1.93. The van der Waals surface area contributed by atoms with Crippen LogP contribution >= 0.6 is 22.9 Å². The molecule has 0 aliphatic heterocycles. The normalized spacial score (nSPS) is 11.0. The summed E-state index contributed by atoms with van der Waals surface area (Å²) in [6.07, 6.45) is 0. The SMILES string of the molecule is CC(C)c1sc(CN)nc1Cl. The van der Waals surface area contributed by atoms with Gasteiger partial charge in [-0.25, -0.2) is 4.98 Å². The zero-order chi connectivity index (χ0) is 8.43. The van der Waals surface area contributed by atoms with E-state index in [1.54, 1.807) is 11.3 Å². The smallest absolute Gasteiger partial charge is 0.143 e. The van der Waals surface area contributed by atoms with Gasteiger partial charge in [0.05, 0.1) is 0 Å². The number of hydrogen-bond donors (Lipinski definition) is 1. The van der Waals surface area contributed by atoms with Gasteiger partial charge >= 0.3 is 0 Å². The Morgan fingerprint density at radius 3 is 2.55 bits per heavy atom. The van der Waals surface area contributed by atoms with Crippen LogP contribution in [-0.4, -0.2) is 4.98 Å². The van der Waals surface area contributed by atoms with E-state index in [2.05, 4.69) is 18.8 Å². The lowest BCUT2D eigenvalue weighted by molar-refractivity contribution is 0.885. The van der Waals surface area contributed by atoms with Gasteiger partial charge in [0, 0.05) is 11.4 Å². The maximum atomic E-state index is 5.86. The van der Waals surface area contributed by atoms with E-state index in [9.17, 15) is 0 Å². The van der Waals surface area contributed by atoms with Crippen LogP contribution in [0.1, 0.15) is 29.7 Å². The van der Waals surface area contributed by atoms with Gasteiger partial charge in [0.15, 0.2) is 0 Å². The fraction of sp³-hybridized carbons (Fsp3) is 0.571. The van der Waals surface area contributed by atoms with E-state index in [0.717, 1.165) is 9.88 Å². The maximum absolute atomic E-state index is 5.86. The van der Waals surface area contributed by atoms with Crippen LogP contribution in [0.2, 0.25) is 5.15 Å². The Morgan fingerprint density at radius 2 is 2.27 bits per heavy atom. The van der Waals surface area contributed by atoms with Gasteiger partial charge in [-0.1, -0.05) is 25.4 Å². The molecule has 1 aromatic rings. The van der Waals surface area contributed by atoms with Crippen molar-refractivity contribution in [3.8, 4) is 0 Å². The number of nitrogens with two attached hydrogens (primary N) is 1. The van der Waals surface area contributed by atoms with Gasteiger partial charge in [-0.15, -0.1) is 11.3 Å². The van der Waals surface area contributed by atoms with E-state index in [1.807, 2.05) is 0 Å². The van der Waals surface area contributed by atoms with E-state index in [1.165, 1.54) is 0 Å². The third-order valence-electron chi connectivity index (χ3n) is 1.35. The molecule has 0 bridgehead atoms. The summed E-state index contributed by atoms with van der Waals surface area (Å²) in [4.78, 5) is 5.24. The van der Waals surface area contributed by atoms with Crippen LogP contribution in [0.5, 0.6) is 0 Å². The number of rotatable bonds is 2. The van der Waals surface area contributed by atoms with Gasteiger partial charge in [0.2, 0.25) is 0 Å². The molecule has 0 radical (unpaired) electrons. The molecule has 0 saturated heterocycles. The van der Waals surface area contributed by atoms with Gasteiger partial charge in [-0.2, -0.15) is 0 Å². The van der Waals surface area contributed by atoms with Crippen molar-refractivity contribution < 1.29 is 0 Å². The van der Waals surface area contributed by atoms with Crippen molar-refractivity contribution in [1.29, 1.82) is 0 Å². The van der Waals surface area contributed by atoms with Gasteiger partial charge in [-0.05, 0) is 5.92 Å². The van der Waals surface area contributed by atoms with Crippen molar-refractivity contribution >= 4 is 22.9 Å². The van der Waals surface area contributed by atoms with E-state index in [-0.39, 0.29) is 0 Å². The highest BCUT2D eigenvalue weighted by atomic mass is 35.5. The predicted molar refractivity (Wildman–Crippen MR) is 49.1 cm³/mol. The first kappa shape index (κ1) is 8.97. The molecule has 0 atom stereocenters. The summed E-state index contributed by atoms with van der Waals surface area (Å²) in [5, 5.41) is 1.53. The highest BCUT2D eigenvalue weighted by Gasteiger charge is 2.10. The summed E-state index contributed by atoms with van der Waals surface area (Å²) in [6, 6.07) is 0. The van der Waals surface area contributed by atoms with Crippen molar-refractivity contribution in [3.63, 3.8) is 0 Å². The summed E-state index contributed by atoms with van der Waals surface area (Å²) in [5.74, 6) is 0.445. The van der Waals surface area contributed by atoms with Gasteiger partial charge in [0.1, 0.15) is 10.2 Å². The summed E-state index contributed by atoms with van der Waals surface area (Å²) < 4.78 is 0. The topological polar surface area (TPSA) is 38.9 Å². The maximum Gasteiger partial charge on any atom is 0.143 e. The molecule has 0 aliphatic carbocycles. The molecule has 0 unspecified atom stereocenters. The predicted octanol–water partition coefficient (Wildman–Crippen LogP) is 2.38. The molecular formula is C7H11ClN2S. The third kappa shape index (κ3) is 1.92. The molecule has 1 rings (SSSR count). The van der Waals surface area contributed by atoms with Crippen LogP contribution < -0.4 is 5.73 Å². The summed E-state index contributed by atoms with van der Waals surface area (Å²) in [5.41, 5.74) is 5.42. The number of nitrogens with zero attached hydrogens (tertiary/aromatic N) is 1. The number of thiazole rings is 1. The minimum Gasteiger partial charge on any atom is -0.325 e. The second kappa shape index (κ2) is 3.52. The Kier molecular flexibility index (Phi) is 2.87. The number of halogens is 1. The first-order valence-electron chi connectivity index (χ1n) is 3.50. The average molecular weight is 191 g/mol. The Hall–Kier alpha value is -0.120. The third-order valence-corrected chi connectivity index (χ3v) is 3.13. The van der Waals surface area contributed by atoms with Crippen molar-refractivity contribution in [2.75, 3.05) is 0 Å². The van der Waals surface area contributed by atoms with E-state index < -0.39 is 0 Å². The summed E-state index contributed by atoms with van der Waals surface area (Å²) in [6.45, 7) is 4.68. The van der Waals surface area contributed by atoms with Crippen LogP contribution in [-0.2, 0) is 6.54 Å². The standard InChI is InChI=1S/C7H11ClN2S/c1-4(2)6-7(8)10-5(3-9)11-6/h4H,3,9H2,1-2H3. The lowest BCUT2D eigenvalue weighted by Gasteiger charge is -1.97. The van der Waals surface area contributed by atoms with Gasteiger partial charge < -0.3 is 5.73 Å². The van der Waals surface area contributed by atoms with Crippen molar-refractivity contribution in [2.45, 2.75) is 26.3 Å². The molecule has 0 aromatic carbocycles. The largest absolute Gasteiger partial charge is 0.325 e. The molecule has 1 heterocycles. The molecule has 62 valence electrons. The number of hydrogen-bond acceptors (Lipinski definition) is 3. The number of aromatic nitrogens is 1. The highest BCUT2D eigenvalue weighted by Crippen LogP contribution is 2.29. The Morgan fingerprint density at radius 1 is 1.64 bits per heavy atom. The van der Waals surface area contributed by atoms with Crippen LogP contribution in [0.25, 0.3) is 0 Å². The quantitative estimate of drug-likeness (QED) is 0.778. The second-order valence-electron chi connectivity index (χ2n) is 2.62. The summed E-state index contributed by atoms with van der Waals surface area (Å²) >= 11 is 7.46. The molecular weight excluding hydrogens is 180 g/mol. The monoisotopic (exact) mass is 190 g/mol. The minimum atomic E-state index is 0.445. The molecule has 4 heteroatoms. The van der Waals surface area contributed by atoms with Crippen LogP contribution in [0.4, 0.5) is 0 Å². The van der Waals surface area contributed by atoms with Crippen molar-refractivity contribution in [1.82, 2.24) is 4.98 Å². The first-order valence-corrected chi connectivity index (χ1v) is 4.69. The molecule has 0 saturated carbocycles. The zero-order valence-corrected chi connectivity index (χ0v) is 8.17. The molecule has 2 N–H and O–H groups in total. The Balaban J connectivity index is 2.97. The molecule has 0 spiro atoms. The van der Waals surface area contributed by atoms with Crippen LogP contribution in [0, 0.1) is 0 Å². The fourth-order valence-corrected chi connectivity index (χ4v) is 2.13. The zero-order valence-electron chi connectivity index (χ0n) is 6.60.